The van der Waals surface area contributed by atoms with Crippen LogP contribution >= 0.6 is 15.9 Å². The van der Waals surface area contributed by atoms with Crippen LogP contribution in [-0.2, 0) is 0 Å². The molecule has 0 aliphatic heterocycles. The molecule has 10 heavy (non-hydrogen) atoms. The summed E-state index contributed by atoms with van der Waals surface area (Å²) < 4.78 is 1.15. The zero-order chi connectivity index (χ0) is 7.56. The van der Waals surface area contributed by atoms with Crippen molar-refractivity contribution in [1.29, 1.82) is 0 Å². The molecule has 1 aromatic carbocycles. The number of anilines is 1. The van der Waals surface area contributed by atoms with E-state index in [1.807, 2.05) is 19.2 Å². The summed E-state index contributed by atoms with van der Waals surface area (Å²) in [4.78, 5) is 0. The largest absolute Gasteiger partial charge is 0.387 e. The van der Waals surface area contributed by atoms with Crippen LogP contribution in [0.25, 0.3) is 0 Å². The van der Waals surface area contributed by atoms with E-state index in [0.717, 1.165) is 10.2 Å². The number of hydrogen-bond acceptors (Lipinski definition) is 1. The number of halogens is 1. The number of rotatable bonds is 1. The molecule has 2 heteroatoms. The lowest BCUT2D eigenvalue weighted by Crippen LogP contribution is -1.89. The summed E-state index contributed by atoms with van der Waals surface area (Å²) in [5, 5.41) is 3.09. The van der Waals surface area contributed by atoms with E-state index in [1.165, 1.54) is 5.56 Å². The van der Waals surface area contributed by atoms with Crippen molar-refractivity contribution in [2.24, 2.45) is 0 Å². The second-order valence-corrected chi connectivity index (χ2v) is 2.98. The van der Waals surface area contributed by atoms with Crippen LogP contribution in [0, 0.1) is 6.92 Å². The minimum absolute atomic E-state index is 1.14. The zero-order valence-electron chi connectivity index (χ0n) is 6.11. The first-order valence-corrected chi connectivity index (χ1v) is 3.98. The van der Waals surface area contributed by atoms with Crippen molar-refractivity contribution in [2.75, 3.05) is 12.4 Å². The highest BCUT2D eigenvalue weighted by Gasteiger charge is 1.97. The maximum atomic E-state index is 3.48. The molecule has 1 aromatic rings. The SMILES string of the molecule is CNc1cccc(C)c1Br. The van der Waals surface area contributed by atoms with Gasteiger partial charge >= 0.3 is 0 Å². The summed E-state index contributed by atoms with van der Waals surface area (Å²) in [5.74, 6) is 0. The van der Waals surface area contributed by atoms with Gasteiger partial charge in [0.25, 0.3) is 0 Å². The van der Waals surface area contributed by atoms with Gasteiger partial charge in [-0.05, 0) is 34.5 Å². The molecule has 0 saturated heterocycles. The average molecular weight is 200 g/mol. The lowest BCUT2D eigenvalue weighted by Gasteiger charge is -2.04. The van der Waals surface area contributed by atoms with Crippen LogP contribution in [0.1, 0.15) is 5.56 Å². The summed E-state index contributed by atoms with van der Waals surface area (Å²) in [7, 11) is 1.92. The number of hydrogen-bond donors (Lipinski definition) is 1. The van der Waals surface area contributed by atoms with E-state index in [1.54, 1.807) is 0 Å². The Labute approximate surface area is 69.6 Å². The Morgan fingerprint density at radius 2 is 2.10 bits per heavy atom. The maximum Gasteiger partial charge on any atom is 0.0484 e. The molecule has 0 amide bonds. The Bertz CT molecular complexity index is 233. The summed E-state index contributed by atoms with van der Waals surface area (Å²) in [6.45, 7) is 2.07. The standard InChI is InChI=1S/C8H10BrN/c1-6-4-3-5-7(10-2)8(6)9/h3-5,10H,1-2H3. The van der Waals surface area contributed by atoms with Crippen molar-refractivity contribution in [2.45, 2.75) is 6.92 Å². The molecule has 0 aliphatic carbocycles. The fraction of sp³-hybridized carbons (Fsp3) is 0.250. The van der Waals surface area contributed by atoms with Crippen molar-refractivity contribution >= 4 is 21.6 Å². The van der Waals surface area contributed by atoms with Crippen molar-refractivity contribution in [3.05, 3.63) is 28.2 Å². The zero-order valence-corrected chi connectivity index (χ0v) is 7.70. The van der Waals surface area contributed by atoms with Gasteiger partial charge in [0.15, 0.2) is 0 Å². The van der Waals surface area contributed by atoms with Gasteiger partial charge in [-0.1, -0.05) is 12.1 Å². The van der Waals surface area contributed by atoms with E-state index in [4.69, 9.17) is 0 Å². The fourth-order valence-corrected chi connectivity index (χ4v) is 1.30. The average Bonchev–Trinajstić information content (AvgIpc) is 1.95. The summed E-state index contributed by atoms with van der Waals surface area (Å²) >= 11 is 3.48. The van der Waals surface area contributed by atoms with Gasteiger partial charge in [0.2, 0.25) is 0 Å². The second kappa shape index (κ2) is 3.06. The fourth-order valence-electron chi connectivity index (χ4n) is 0.841. The molecule has 0 aliphatic rings. The molecular weight excluding hydrogens is 190 g/mol. The van der Waals surface area contributed by atoms with Crippen LogP contribution in [0.15, 0.2) is 22.7 Å². The van der Waals surface area contributed by atoms with E-state index >= 15 is 0 Å². The van der Waals surface area contributed by atoms with Crippen LogP contribution in [-0.4, -0.2) is 7.05 Å². The molecule has 0 fully saturated rings. The predicted molar refractivity (Wildman–Crippen MR) is 48.4 cm³/mol. The quantitative estimate of drug-likeness (QED) is 0.734. The first-order valence-electron chi connectivity index (χ1n) is 3.18. The maximum absolute atomic E-state index is 3.48. The minimum Gasteiger partial charge on any atom is -0.387 e. The minimum atomic E-state index is 1.14. The molecule has 1 N–H and O–H groups in total. The first-order chi connectivity index (χ1) is 4.75. The molecule has 0 spiro atoms. The third kappa shape index (κ3) is 1.32. The van der Waals surface area contributed by atoms with Crippen LogP contribution < -0.4 is 5.32 Å². The van der Waals surface area contributed by atoms with Gasteiger partial charge in [-0.25, -0.2) is 0 Å². The highest BCUT2D eigenvalue weighted by molar-refractivity contribution is 9.10. The topological polar surface area (TPSA) is 12.0 Å². The van der Waals surface area contributed by atoms with Crippen molar-refractivity contribution in [1.82, 2.24) is 0 Å². The number of aryl methyl sites for hydroxylation is 1. The Hall–Kier alpha value is -0.500. The molecule has 0 heterocycles. The molecule has 0 saturated carbocycles. The Balaban J connectivity index is 3.14. The van der Waals surface area contributed by atoms with E-state index in [-0.39, 0.29) is 0 Å². The molecule has 0 unspecified atom stereocenters. The van der Waals surface area contributed by atoms with Crippen LogP contribution in [0.4, 0.5) is 5.69 Å². The van der Waals surface area contributed by atoms with E-state index in [2.05, 4.69) is 34.2 Å². The van der Waals surface area contributed by atoms with Gasteiger partial charge < -0.3 is 5.32 Å². The van der Waals surface area contributed by atoms with Gasteiger partial charge in [0, 0.05) is 17.2 Å². The highest BCUT2D eigenvalue weighted by Crippen LogP contribution is 2.24. The van der Waals surface area contributed by atoms with Gasteiger partial charge in [0.1, 0.15) is 0 Å². The van der Waals surface area contributed by atoms with Gasteiger partial charge in [0.05, 0.1) is 0 Å². The lowest BCUT2D eigenvalue weighted by atomic mass is 10.2. The Morgan fingerprint density at radius 3 is 2.60 bits per heavy atom. The summed E-state index contributed by atoms with van der Waals surface area (Å²) in [5.41, 5.74) is 2.40. The molecule has 1 rings (SSSR count). The molecule has 54 valence electrons. The third-order valence-electron chi connectivity index (χ3n) is 1.46. The van der Waals surface area contributed by atoms with Crippen LogP contribution in [0.5, 0.6) is 0 Å². The summed E-state index contributed by atoms with van der Waals surface area (Å²) in [6, 6.07) is 6.15. The van der Waals surface area contributed by atoms with E-state index < -0.39 is 0 Å². The van der Waals surface area contributed by atoms with E-state index in [0.29, 0.717) is 0 Å². The number of nitrogens with one attached hydrogen (secondary N) is 1. The second-order valence-electron chi connectivity index (χ2n) is 2.19. The third-order valence-corrected chi connectivity index (χ3v) is 2.51. The van der Waals surface area contributed by atoms with Crippen LogP contribution in [0.2, 0.25) is 0 Å². The molecule has 0 radical (unpaired) electrons. The predicted octanol–water partition coefficient (Wildman–Crippen LogP) is 2.80. The van der Waals surface area contributed by atoms with Crippen LogP contribution in [0.3, 0.4) is 0 Å². The van der Waals surface area contributed by atoms with E-state index in [9.17, 15) is 0 Å². The van der Waals surface area contributed by atoms with Gasteiger partial charge in [-0.3, -0.25) is 0 Å². The Kier molecular flexibility index (Phi) is 2.33. The molecule has 0 atom stereocenters. The highest BCUT2D eigenvalue weighted by atomic mass is 79.9. The van der Waals surface area contributed by atoms with Crippen molar-refractivity contribution in [3.63, 3.8) is 0 Å². The van der Waals surface area contributed by atoms with Gasteiger partial charge in [-0.2, -0.15) is 0 Å². The normalized spacial score (nSPS) is 9.50. The molecule has 0 aromatic heterocycles. The Morgan fingerprint density at radius 1 is 1.40 bits per heavy atom. The lowest BCUT2D eigenvalue weighted by molar-refractivity contribution is 1.39. The van der Waals surface area contributed by atoms with Crippen molar-refractivity contribution in [3.8, 4) is 0 Å². The molecular formula is C8H10BrN. The number of benzene rings is 1. The molecule has 1 nitrogen and oxygen atoms in total. The smallest absolute Gasteiger partial charge is 0.0484 e. The molecule has 0 bridgehead atoms. The van der Waals surface area contributed by atoms with Crippen molar-refractivity contribution < 1.29 is 0 Å². The monoisotopic (exact) mass is 199 g/mol. The summed E-state index contributed by atoms with van der Waals surface area (Å²) in [6.07, 6.45) is 0. The first kappa shape index (κ1) is 7.61. The van der Waals surface area contributed by atoms with Gasteiger partial charge in [-0.15, -0.1) is 0 Å².